The summed E-state index contributed by atoms with van der Waals surface area (Å²) in [5.41, 5.74) is 0.719. The Balaban J connectivity index is 2.06. The van der Waals surface area contributed by atoms with Crippen LogP contribution in [0.2, 0.25) is 5.02 Å². The number of methoxy groups -OCH3 is 1. The van der Waals surface area contributed by atoms with Gasteiger partial charge in [0.15, 0.2) is 5.69 Å². The van der Waals surface area contributed by atoms with Gasteiger partial charge in [0.2, 0.25) is 5.89 Å². The lowest BCUT2D eigenvalue weighted by molar-refractivity contribution is 0.0594. The zero-order valence-corrected chi connectivity index (χ0v) is 15.6. The van der Waals surface area contributed by atoms with Crippen LogP contribution in [-0.4, -0.2) is 35.5 Å². The Bertz CT molecular complexity index is 730. The van der Waals surface area contributed by atoms with E-state index in [0.717, 1.165) is 19.3 Å². The lowest BCUT2D eigenvalue weighted by Crippen LogP contribution is -2.35. The van der Waals surface area contributed by atoms with E-state index in [1.165, 1.54) is 13.4 Å². The second-order valence-corrected chi connectivity index (χ2v) is 6.12. The molecule has 7 nitrogen and oxygen atoms in total. The summed E-state index contributed by atoms with van der Waals surface area (Å²) >= 11 is 5.86. The molecule has 0 aliphatic rings. The molecule has 0 saturated carbocycles. The fraction of sp³-hybridized carbons (Fsp3) is 0.389. The molecule has 2 aromatic rings. The average Bonchev–Trinajstić information content (AvgIpc) is 3.11. The average molecular weight is 380 g/mol. The number of esters is 1. The third-order valence-electron chi connectivity index (χ3n) is 3.69. The van der Waals surface area contributed by atoms with Gasteiger partial charge in [-0.05, 0) is 30.7 Å². The summed E-state index contributed by atoms with van der Waals surface area (Å²) in [6.45, 7) is 2.79. The van der Waals surface area contributed by atoms with E-state index in [-0.39, 0.29) is 24.2 Å². The molecule has 0 bridgehead atoms. The molecule has 2 amide bonds. The van der Waals surface area contributed by atoms with Crippen molar-refractivity contribution >= 4 is 29.3 Å². The van der Waals surface area contributed by atoms with Crippen molar-refractivity contribution in [1.29, 1.82) is 0 Å². The minimum Gasteiger partial charge on any atom is -0.464 e. The Morgan fingerprint density at radius 3 is 2.65 bits per heavy atom. The fourth-order valence-corrected chi connectivity index (χ4v) is 2.41. The number of nitrogens with zero attached hydrogens (tertiary/aromatic N) is 2. The first-order valence-corrected chi connectivity index (χ1v) is 8.75. The number of nitrogens with one attached hydrogen (secondary N) is 1. The third kappa shape index (κ3) is 5.77. The van der Waals surface area contributed by atoms with Gasteiger partial charge in [-0.2, -0.15) is 0 Å². The molecule has 140 valence electrons. The van der Waals surface area contributed by atoms with E-state index in [4.69, 9.17) is 16.0 Å². The SMILES string of the molecule is CCCCCN(Cc1nc(C(=O)OC)co1)C(=O)Nc1ccc(Cl)cc1. The Kier molecular flexibility index (Phi) is 7.47. The van der Waals surface area contributed by atoms with Gasteiger partial charge in [-0.1, -0.05) is 31.4 Å². The molecule has 0 aliphatic carbocycles. The first-order chi connectivity index (χ1) is 12.5. The standard InChI is InChI=1S/C18H22ClN3O4/c1-3-4-5-10-22(11-16-21-15(12-26-16)17(23)25-2)18(24)20-14-8-6-13(19)7-9-14/h6-9,12H,3-5,10-11H2,1-2H3,(H,20,24). The number of anilines is 1. The highest BCUT2D eigenvalue weighted by atomic mass is 35.5. The molecule has 2 rings (SSSR count). The Labute approximate surface area is 157 Å². The van der Waals surface area contributed by atoms with E-state index < -0.39 is 5.97 Å². The maximum Gasteiger partial charge on any atom is 0.360 e. The maximum atomic E-state index is 12.6. The predicted molar refractivity (Wildman–Crippen MR) is 98.2 cm³/mol. The number of amides is 2. The molecular formula is C18H22ClN3O4. The van der Waals surface area contributed by atoms with E-state index in [1.807, 2.05) is 0 Å². The summed E-state index contributed by atoms with van der Waals surface area (Å²) in [6.07, 6.45) is 4.12. The zero-order valence-electron chi connectivity index (χ0n) is 14.8. The molecule has 0 radical (unpaired) electrons. The normalized spacial score (nSPS) is 10.4. The van der Waals surface area contributed by atoms with Gasteiger partial charge in [-0.3, -0.25) is 0 Å². The summed E-state index contributed by atoms with van der Waals surface area (Å²) in [4.78, 5) is 29.8. The monoisotopic (exact) mass is 379 g/mol. The van der Waals surface area contributed by atoms with Crippen molar-refractivity contribution < 1.29 is 18.7 Å². The number of rotatable bonds is 8. The van der Waals surface area contributed by atoms with Crippen molar-refractivity contribution in [2.45, 2.75) is 32.7 Å². The highest BCUT2D eigenvalue weighted by molar-refractivity contribution is 6.30. The summed E-state index contributed by atoms with van der Waals surface area (Å²) in [6, 6.07) is 6.59. The first kappa shape index (κ1) is 19.8. The van der Waals surface area contributed by atoms with E-state index in [2.05, 4.69) is 22.0 Å². The Hall–Kier alpha value is -2.54. The highest BCUT2D eigenvalue weighted by Crippen LogP contribution is 2.15. The number of urea groups is 1. The molecule has 0 unspecified atom stereocenters. The molecule has 0 aliphatic heterocycles. The van der Waals surface area contributed by atoms with Crippen LogP contribution in [-0.2, 0) is 11.3 Å². The number of ether oxygens (including phenoxy) is 1. The minimum atomic E-state index is -0.580. The summed E-state index contributed by atoms with van der Waals surface area (Å²) in [5.74, 6) is -0.309. The van der Waals surface area contributed by atoms with Gasteiger partial charge >= 0.3 is 12.0 Å². The number of hydrogen-bond acceptors (Lipinski definition) is 5. The van der Waals surface area contributed by atoms with Gasteiger partial charge in [-0.15, -0.1) is 0 Å². The van der Waals surface area contributed by atoms with E-state index in [9.17, 15) is 9.59 Å². The first-order valence-electron chi connectivity index (χ1n) is 8.37. The van der Waals surface area contributed by atoms with Gasteiger partial charge in [0.25, 0.3) is 0 Å². The van der Waals surface area contributed by atoms with E-state index in [0.29, 0.717) is 17.3 Å². The van der Waals surface area contributed by atoms with E-state index in [1.54, 1.807) is 29.2 Å². The molecule has 1 heterocycles. The quantitative estimate of drug-likeness (QED) is 0.544. The van der Waals surface area contributed by atoms with Crippen LogP contribution in [0.5, 0.6) is 0 Å². The number of carbonyl (C=O) groups excluding carboxylic acids is 2. The molecular weight excluding hydrogens is 358 g/mol. The van der Waals surface area contributed by atoms with Crippen LogP contribution in [0, 0.1) is 0 Å². The lowest BCUT2D eigenvalue weighted by Gasteiger charge is -2.21. The number of oxazole rings is 1. The van der Waals surface area contributed by atoms with E-state index >= 15 is 0 Å². The molecule has 0 spiro atoms. The van der Waals surface area contributed by atoms with Crippen LogP contribution in [0.1, 0.15) is 42.6 Å². The van der Waals surface area contributed by atoms with Crippen molar-refractivity contribution in [2.24, 2.45) is 0 Å². The molecule has 26 heavy (non-hydrogen) atoms. The lowest BCUT2D eigenvalue weighted by atomic mass is 10.2. The fourth-order valence-electron chi connectivity index (χ4n) is 2.29. The largest absolute Gasteiger partial charge is 0.464 e. The van der Waals surface area contributed by atoms with Crippen LogP contribution >= 0.6 is 11.6 Å². The van der Waals surface area contributed by atoms with Gasteiger partial charge in [-0.25, -0.2) is 14.6 Å². The summed E-state index contributed by atoms with van der Waals surface area (Å²) < 4.78 is 9.89. The molecule has 1 N–H and O–H groups in total. The van der Waals surface area contributed by atoms with Gasteiger partial charge < -0.3 is 19.4 Å². The van der Waals surface area contributed by atoms with Crippen LogP contribution in [0.3, 0.4) is 0 Å². The number of carbonyl (C=O) groups is 2. The van der Waals surface area contributed by atoms with Gasteiger partial charge in [0.1, 0.15) is 6.26 Å². The van der Waals surface area contributed by atoms with Crippen LogP contribution in [0.15, 0.2) is 34.9 Å². The smallest absolute Gasteiger partial charge is 0.360 e. The van der Waals surface area contributed by atoms with Crippen molar-refractivity contribution in [3.8, 4) is 0 Å². The van der Waals surface area contributed by atoms with Gasteiger partial charge in [0, 0.05) is 17.3 Å². The topological polar surface area (TPSA) is 84.7 Å². The number of unbranched alkanes of at least 4 members (excludes halogenated alkanes) is 2. The third-order valence-corrected chi connectivity index (χ3v) is 3.94. The molecule has 8 heteroatoms. The van der Waals surface area contributed by atoms with Crippen molar-refractivity contribution in [1.82, 2.24) is 9.88 Å². The Morgan fingerprint density at radius 1 is 1.27 bits per heavy atom. The highest BCUT2D eigenvalue weighted by Gasteiger charge is 2.19. The number of hydrogen-bond donors (Lipinski definition) is 1. The number of halogens is 1. The second kappa shape index (κ2) is 9.82. The molecule has 0 fully saturated rings. The van der Waals surface area contributed by atoms with Crippen LogP contribution in [0.4, 0.5) is 10.5 Å². The molecule has 1 aromatic carbocycles. The molecule has 0 atom stereocenters. The zero-order chi connectivity index (χ0) is 18.9. The van der Waals surface area contributed by atoms with Crippen molar-refractivity contribution in [2.75, 3.05) is 19.0 Å². The molecule has 0 saturated heterocycles. The van der Waals surface area contributed by atoms with Crippen LogP contribution in [0.25, 0.3) is 0 Å². The van der Waals surface area contributed by atoms with Crippen LogP contribution < -0.4 is 5.32 Å². The summed E-state index contributed by atoms with van der Waals surface area (Å²) in [7, 11) is 1.27. The predicted octanol–water partition coefficient (Wildman–Crippen LogP) is 4.34. The number of benzene rings is 1. The number of aromatic nitrogens is 1. The molecule has 1 aromatic heterocycles. The summed E-state index contributed by atoms with van der Waals surface area (Å²) in [5, 5.41) is 3.42. The maximum absolute atomic E-state index is 12.6. The Morgan fingerprint density at radius 2 is 2.00 bits per heavy atom. The van der Waals surface area contributed by atoms with Crippen molar-refractivity contribution in [3.63, 3.8) is 0 Å². The second-order valence-electron chi connectivity index (χ2n) is 5.68. The van der Waals surface area contributed by atoms with Crippen molar-refractivity contribution in [3.05, 3.63) is 47.1 Å². The van der Waals surface area contributed by atoms with Gasteiger partial charge in [0.05, 0.1) is 13.7 Å². The minimum absolute atomic E-state index is 0.0779.